The number of thiophene rings is 1. The molecule has 0 fully saturated rings. The highest BCUT2D eigenvalue weighted by Crippen LogP contribution is 2.35. The molecule has 0 saturated heterocycles. The average Bonchev–Trinajstić information content (AvgIpc) is 3.07. The first-order chi connectivity index (χ1) is 14.0. The van der Waals surface area contributed by atoms with E-state index in [1.807, 2.05) is 68.4 Å². The maximum absolute atomic E-state index is 13.4. The summed E-state index contributed by atoms with van der Waals surface area (Å²) in [6.45, 7) is 5.64. The first-order valence-corrected chi connectivity index (χ1v) is 10.2. The second-order valence-corrected chi connectivity index (χ2v) is 8.22. The lowest BCUT2D eigenvalue weighted by Gasteiger charge is -2.16. The highest BCUT2D eigenvalue weighted by molar-refractivity contribution is 7.19. The zero-order valence-corrected chi connectivity index (χ0v) is 17.3. The molecule has 146 valence electrons. The number of amides is 1. The van der Waals surface area contributed by atoms with Gasteiger partial charge in [-0.3, -0.25) is 14.2 Å². The highest BCUT2D eigenvalue weighted by Gasteiger charge is 2.22. The lowest BCUT2D eigenvalue weighted by atomic mass is 10.0. The molecule has 29 heavy (non-hydrogen) atoms. The summed E-state index contributed by atoms with van der Waals surface area (Å²) in [6, 6.07) is 16.7. The van der Waals surface area contributed by atoms with Gasteiger partial charge in [0, 0.05) is 16.1 Å². The van der Waals surface area contributed by atoms with Crippen LogP contribution in [-0.4, -0.2) is 15.5 Å². The van der Waals surface area contributed by atoms with Crippen LogP contribution in [0.15, 0.2) is 65.7 Å². The van der Waals surface area contributed by atoms with Crippen LogP contribution in [0.2, 0.25) is 0 Å². The van der Waals surface area contributed by atoms with Gasteiger partial charge in [0.15, 0.2) is 0 Å². The number of anilines is 1. The number of hydrogen-bond donors (Lipinski definition) is 1. The molecule has 0 spiro atoms. The van der Waals surface area contributed by atoms with Gasteiger partial charge in [-0.1, -0.05) is 48.5 Å². The topological polar surface area (TPSA) is 64.0 Å². The SMILES string of the molecule is Cc1ccccc1NC(=O)[C@H](C)n1cnc2sc(C)c(-c3ccccc3)c2c1=O. The van der Waals surface area contributed by atoms with Gasteiger partial charge in [-0.2, -0.15) is 0 Å². The molecule has 5 nitrogen and oxygen atoms in total. The summed E-state index contributed by atoms with van der Waals surface area (Å²) in [5.74, 6) is -0.254. The van der Waals surface area contributed by atoms with Gasteiger partial charge in [0.25, 0.3) is 5.56 Å². The zero-order valence-electron chi connectivity index (χ0n) is 16.5. The van der Waals surface area contributed by atoms with Crippen LogP contribution in [-0.2, 0) is 4.79 Å². The molecule has 2 aromatic heterocycles. The smallest absolute Gasteiger partial charge is 0.263 e. The van der Waals surface area contributed by atoms with E-state index in [9.17, 15) is 9.59 Å². The number of aromatic nitrogens is 2. The molecule has 0 saturated carbocycles. The second-order valence-electron chi connectivity index (χ2n) is 7.02. The van der Waals surface area contributed by atoms with E-state index in [4.69, 9.17) is 0 Å². The Bertz CT molecular complexity index is 1260. The van der Waals surface area contributed by atoms with Gasteiger partial charge in [-0.05, 0) is 38.0 Å². The Hall–Kier alpha value is -3.25. The van der Waals surface area contributed by atoms with Crippen LogP contribution in [0.5, 0.6) is 0 Å². The quantitative estimate of drug-likeness (QED) is 0.525. The summed E-state index contributed by atoms with van der Waals surface area (Å²) in [5.41, 5.74) is 3.37. The average molecular weight is 404 g/mol. The number of nitrogens with one attached hydrogen (secondary N) is 1. The Kier molecular flexibility index (Phi) is 5.03. The maximum atomic E-state index is 13.4. The van der Waals surface area contributed by atoms with Crippen LogP contribution < -0.4 is 10.9 Å². The predicted molar refractivity (Wildman–Crippen MR) is 119 cm³/mol. The first-order valence-electron chi connectivity index (χ1n) is 9.39. The number of carbonyl (C=O) groups is 1. The van der Waals surface area contributed by atoms with E-state index < -0.39 is 6.04 Å². The molecule has 0 aliphatic carbocycles. The van der Waals surface area contributed by atoms with Gasteiger partial charge in [-0.15, -0.1) is 11.3 Å². The Morgan fingerprint density at radius 1 is 1.07 bits per heavy atom. The number of benzene rings is 2. The minimum absolute atomic E-state index is 0.203. The van der Waals surface area contributed by atoms with Crippen LogP contribution >= 0.6 is 11.3 Å². The van der Waals surface area contributed by atoms with E-state index in [0.29, 0.717) is 10.2 Å². The summed E-state index contributed by atoms with van der Waals surface area (Å²) >= 11 is 1.50. The summed E-state index contributed by atoms with van der Waals surface area (Å²) in [6.07, 6.45) is 1.47. The number of hydrogen-bond acceptors (Lipinski definition) is 4. The standard InChI is InChI=1S/C23H21N3O2S/c1-14-9-7-8-12-18(14)25-21(27)15(2)26-13-24-22-20(23(26)28)19(16(3)29-22)17-10-5-4-6-11-17/h4-13,15H,1-3H3,(H,25,27)/t15-/m0/s1. The number of para-hydroxylation sites is 1. The van der Waals surface area contributed by atoms with Crippen LogP contribution in [0.4, 0.5) is 5.69 Å². The summed E-state index contributed by atoms with van der Waals surface area (Å²) in [7, 11) is 0. The maximum Gasteiger partial charge on any atom is 0.263 e. The van der Waals surface area contributed by atoms with E-state index in [1.54, 1.807) is 6.92 Å². The molecule has 0 radical (unpaired) electrons. The third-order valence-electron chi connectivity index (χ3n) is 5.08. The first kappa shape index (κ1) is 19.1. The molecule has 4 aromatic rings. The van der Waals surface area contributed by atoms with Crippen molar-refractivity contribution in [1.29, 1.82) is 0 Å². The minimum atomic E-state index is -0.692. The Morgan fingerprint density at radius 3 is 2.48 bits per heavy atom. The predicted octanol–water partition coefficient (Wildman–Crippen LogP) is 4.94. The molecule has 4 rings (SSSR count). The molecule has 1 amide bonds. The van der Waals surface area contributed by atoms with Crippen LogP contribution in [0, 0.1) is 13.8 Å². The number of fused-ring (bicyclic) bond motifs is 1. The van der Waals surface area contributed by atoms with E-state index in [2.05, 4.69) is 10.3 Å². The van der Waals surface area contributed by atoms with Crippen molar-refractivity contribution in [3.05, 3.63) is 81.7 Å². The lowest BCUT2D eigenvalue weighted by molar-refractivity contribution is -0.118. The van der Waals surface area contributed by atoms with Crippen molar-refractivity contribution in [2.75, 3.05) is 5.32 Å². The fourth-order valence-electron chi connectivity index (χ4n) is 3.42. The van der Waals surface area contributed by atoms with E-state index in [0.717, 1.165) is 27.3 Å². The number of rotatable bonds is 4. The molecular weight excluding hydrogens is 382 g/mol. The van der Waals surface area contributed by atoms with Crippen molar-refractivity contribution in [3.8, 4) is 11.1 Å². The molecule has 0 bridgehead atoms. The third kappa shape index (κ3) is 3.47. The molecule has 6 heteroatoms. The number of aryl methyl sites for hydroxylation is 2. The number of nitrogens with zero attached hydrogens (tertiary/aromatic N) is 2. The van der Waals surface area contributed by atoms with Crippen molar-refractivity contribution in [3.63, 3.8) is 0 Å². The molecule has 1 N–H and O–H groups in total. The van der Waals surface area contributed by atoms with Crippen LogP contribution in [0.25, 0.3) is 21.3 Å². The summed E-state index contributed by atoms with van der Waals surface area (Å²) in [4.78, 5) is 32.4. The Balaban J connectivity index is 1.77. The van der Waals surface area contributed by atoms with E-state index in [-0.39, 0.29) is 11.5 Å². The fraction of sp³-hybridized carbons (Fsp3) is 0.174. The molecule has 2 aromatic carbocycles. The van der Waals surface area contributed by atoms with Crippen molar-refractivity contribution in [2.24, 2.45) is 0 Å². The Labute approximate surface area is 172 Å². The zero-order chi connectivity index (χ0) is 20.5. The van der Waals surface area contributed by atoms with Crippen LogP contribution in [0.3, 0.4) is 0 Å². The van der Waals surface area contributed by atoms with Crippen molar-refractivity contribution in [2.45, 2.75) is 26.8 Å². The van der Waals surface area contributed by atoms with Crippen molar-refractivity contribution >= 4 is 33.1 Å². The van der Waals surface area contributed by atoms with Gasteiger partial charge in [-0.25, -0.2) is 4.98 Å². The monoisotopic (exact) mass is 403 g/mol. The normalized spacial score (nSPS) is 12.1. The molecule has 0 aliphatic heterocycles. The van der Waals surface area contributed by atoms with Gasteiger partial charge in [0.05, 0.1) is 11.7 Å². The van der Waals surface area contributed by atoms with Crippen molar-refractivity contribution < 1.29 is 4.79 Å². The summed E-state index contributed by atoms with van der Waals surface area (Å²) in [5, 5.41) is 3.48. The van der Waals surface area contributed by atoms with Gasteiger partial charge < -0.3 is 5.32 Å². The molecule has 2 heterocycles. The largest absolute Gasteiger partial charge is 0.324 e. The van der Waals surface area contributed by atoms with Gasteiger partial charge >= 0.3 is 0 Å². The fourth-order valence-corrected chi connectivity index (χ4v) is 4.42. The molecule has 0 unspecified atom stereocenters. The third-order valence-corrected chi connectivity index (χ3v) is 6.09. The molecular formula is C23H21N3O2S. The van der Waals surface area contributed by atoms with Gasteiger partial charge in [0.2, 0.25) is 5.91 Å². The van der Waals surface area contributed by atoms with Crippen molar-refractivity contribution in [1.82, 2.24) is 9.55 Å². The Morgan fingerprint density at radius 2 is 1.76 bits per heavy atom. The lowest BCUT2D eigenvalue weighted by Crippen LogP contribution is -2.31. The molecule has 0 aliphatic rings. The van der Waals surface area contributed by atoms with Crippen LogP contribution in [0.1, 0.15) is 23.4 Å². The second kappa shape index (κ2) is 7.64. The molecule has 1 atom stereocenters. The van der Waals surface area contributed by atoms with E-state index in [1.165, 1.54) is 22.2 Å². The van der Waals surface area contributed by atoms with E-state index >= 15 is 0 Å². The minimum Gasteiger partial charge on any atom is -0.324 e. The van der Waals surface area contributed by atoms with Gasteiger partial charge in [0.1, 0.15) is 10.9 Å². The highest BCUT2D eigenvalue weighted by atomic mass is 32.1. The summed E-state index contributed by atoms with van der Waals surface area (Å²) < 4.78 is 1.41. The number of carbonyl (C=O) groups excluding carboxylic acids is 1.